The summed E-state index contributed by atoms with van der Waals surface area (Å²) in [6.45, 7) is 0.396. The van der Waals surface area contributed by atoms with Gasteiger partial charge in [0.1, 0.15) is 11.6 Å². The Balaban J connectivity index is 1.62. The predicted molar refractivity (Wildman–Crippen MR) is 88.9 cm³/mol. The van der Waals surface area contributed by atoms with Crippen LogP contribution < -0.4 is 4.74 Å². The Kier molecular flexibility index (Phi) is 4.71. The topological polar surface area (TPSA) is 41.9 Å². The largest absolute Gasteiger partial charge is 0.483 e. The molecule has 118 valence electrons. The zero-order valence-corrected chi connectivity index (χ0v) is 13.8. The van der Waals surface area contributed by atoms with Crippen molar-refractivity contribution in [2.45, 2.75) is 6.42 Å². The van der Waals surface area contributed by atoms with Crippen LogP contribution in [0.15, 0.2) is 58.1 Å². The van der Waals surface area contributed by atoms with E-state index in [1.165, 1.54) is 23.2 Å². The molecule has 4 nitrogen and oxygen atoms in total. The molecule has 0 unspecified atom stereocenters. The Labute approximate surface area is 141 Å². The molecule has 0 N–H and O–H groups in total. The number of rotatable bonds is 4. The van der Waals surface area contributed by atoms with Crippen molar-refractivity contribution in [3.63, 3.8) is 0 Å². The van der Waals surface area contributed by atoms with Crippen molar-refractivity contribution < 1.29 is 13.9 Å². The third kappa shape index (κ3) is 3.76. The molecule has 0 fully saturated rings. The van der Waals surface area contributed by atoms with Crippen LogP contribution in [0, 0.1) is 5.82 Å². The first-order valence-corrected chi connectivity index (χ1v) is 7.94. The second-order valence-electron chi connectivity index (χ2n) is 5.04. The van der Waals surface area contributed by atoms with Crippen molar-refractivity contribution in [1.82, 2.24) is 5.01 Å². The molecular formula is C17H14BrFN2O2. The van der Waals surface area contributed by atoms with E-state index in [9.17, 15) is 9.18 Å². The molecule has 0 aromatic heterocycles. The second kappa shape index (κ2) is 6.91. The minimum atomic E-state index is -0.368. The quantitative estimate of drug-likeness (QED) is 0.817. The van der Waals surface area contributed by atoms with E-state index in [-0.39, 0.29) is 18.3 Å². The Bertz CT molecular complexity index is 750. The molecule has 1 amide bonds. The van der Waals surface area contributed by atoms with E-state index in [0.717, 1.165) is 17.7 Å². The molecule has 0 bridgehead atoms. The summed E-state index contributed by atoms with van der Waals surface area (Å²) in [5.41, 5.74) is 1.91. The summed E-state index contributed by atoms with van der Waals surface area (Å²) in [6.07, 6.45) is 0.718. The first-order chi connectivity index (χ1) is 11.1. The van der Waals surface area contributed by atoms with Gasteiger partial charge in [0.25, 0.3) is 5.91 Å². The predicted octanol–water partition coefficient (Wildman–Crippen LogP) is 3.60. The number of nitrogens with zero attached hydrogens (tertiary/aromatic N) is 2. The van der Waals surface area contributed by atoms with Crippen LogP contribution in [0.4, 0.5) is 4.39 Å². The third-order valence-electron chi connectivity index (χ3n) is 3.44. The highest BCUT2D eigenvalue weighted by atomic mass is 79.9. The third-order valence-corrected chi connectivity index (χ3v) is 4.06. The van der Waals surface area contributed by atoms with Gasteiger partial charge < -0.3 is 4.74 Å². The highest BCUT2D eigenvalue weighted by Gasteiger charge is 2.22. The highest BCUT2D eigenvalue weighted by Crippen LogP contribution is 2.25. The lowest BCUT2D eigenvalue weighted by atomic mass is 10.1. The number of halogens is 2. The van der Waals surface area contributed by atoms with Gasteiger partial charge in [-0.1, -0.05) is 30.3 Å². The number of hydrogen-bond acceptors (Lipinski definition) is 3. The molecule has 1 heterocycles. The molecule has 1 aliphatic heterocycles. The zero-order chi connectivity index (χ0) is 16.2. The number of hydrogen-bond donors (Lipinski definition) is 0. The van der Waals surface area contributed by atoms with Gasteiger partial charge in [-0.15, -0.1) is 0 Å². The zero-order valence-electron chi connectivity index (χ0n) is 12.2. The minimum absolute atomic E-state index is 0.143. The van der Waals surface area contributed by atoms with Gasteiger partial charge in [0.05, 0.1) is 16.7 Å². The van der Waals surface area contributed by atoms with E-state index in [2.05, 4.69) is 21.0 Å². The minimum Gasteiger partial charge on any atom is -0.483 e. The molecule has 0 saturated carbocycles. The van der Waals surface area contributed by atoms with E-state index < -0.39 is 0 Å². The smallest absolute Gasteiger partial charge is 0.280 e. The summed E-state index contributed by atoms with van der Waals surface area (Å²) >= 11 is 3.20. The summed E-state index contributed by atoms with van der Waals surface area (Å²) in [6, 6.07) is 13.8. The van der Waals surface area contributed by atoms with Crippen LogP contribution in [0.5, 0.6) is 5.75 Å². The number of hydrazone groups is 1. The van der Waals surface area contributed by atoms with Crippen molar-refractivity contribution in [2.75, 3.05) is 13.2 Å². The molecule has 0 atom stereocenters. The lowest BCUT2D eigenvalue weighted by Crippen LogP contribution is -2.28. The summed E-state index contributed by atoms with van der Waals surface area (Å²) in [4.78, 5) is 12.2. The van der Waals surface area contributed by atoms with E-state index in [1.807, 2.05) is 30.3 Å². The van der Waals surface area contributed by atoms with Gasteiger partial charge in [-0.25, -0.2) is 9.40 Å². The molecule has 0 spiro atoms. The van der Waals surface area contributed by atoms with Gasteiger partial charge in [-0.05, 0) is 39.7 Å². The molecule has 2 aromatic rings. The Morgan fingerprint density at radius 1 is 1.26 bits per heavy atom. The van der Waals surface area contributed by atoms with Crippen LogP contribution >= 0.6 is 15.9 Å². The summed E-state index contributed by atoms with van der Waals surface area (Å²) in [5, 5.41) is 5.77. The Morgan fingerprint density at radius 2 is 2.04 bits per heavy atom. The molecular weight excluding hydrogens is 363 g/mol. The highest BCUT2D eigenvalue weighted by molar-refractivity contribution is 9.10. The summed E-state index contributed by atoms with van der Waals surface area (Å²) in [7, 11) is 0. The van der Waals surface area contributed by atoms with Crippen LogP contribution in [0.1, 0.15) is 12.0 Å². The maximum Gasteiger partial charge on any atom is 0.280 e. The molecule has 6 heteroatoms. The maximum absolute atomic E-state index is 13.0. The molecule has 0 aliphatic carbocycles. The SMILES string of the molecule is O=C(COc1ccc(F)cc1Br)N1CCC(c2ccccc2)=N1. The van der Waals surface area contributed by atoms with Crippen LogP contribution in [0.25, 0.3) is 0 Å². The maximum atomic E-state index is 13.0. The van der Waals surface area contributed by atoms with E-state index in [1.54, 1.807) is 0 Å². The first kappa shape index (κ1) is 15.7. The van der Waals surface area contributed by atoms with Gasteiger partial charge in [-0.3, -0.25) is 4.79 Å². The van der Waals surface area contributed by atoms with Crippen molar-refractivity contribution >= 4 is 27.5 Å². The van der Waals surface area contributed by atoms with Crippen LogP contribution in [0.3, 0.4) is 0 Å². The van der Waals surface area contributed by atoms with Gasteiger partial charge in [-0.2, -0.15) is 5.10 Å². The molecule has 2 aromatic carbocycles. The number of carbonyl (C=O) groups excluding carboxylic acids is 1. The summed E-state index contributed by atoms with van der Waals surface area (Å²) in [5.74, 6) is -0.175. The molecule has 23 heavy (non-hydrogen) atoms. The molecule has 0 saturated heterocycles. The number of ether oxygens (including phenoxy) is 1. The normalized spacial score (nSPS) is 13.8. The number of benzene rings is 2. The molecule has 0 radical (unpaired) electrons. The fraction of sp³-hybridized carbons (Fsp3) is 0.176. The van der Waals surface area contributed by atoms with Gasteiger partial charge in [0.15, 0.2) is 6.61 Å². The summed E-state index contributed by atoms with van der Waals surface area (Å²) < 4.78 is 18.9. The van der Waals surface area contributed by atoms with Crippen LogP contribution in [-0.4, -0.2) is 29.8 Å². The Morgan fingerprint density at radius 3 is 2.78 bits per heavy atom. The average molecular weight is 377 g/mol. The lowest BCUT2D eigenvalue weighted by Gasteiger charge is -2.13. The monoisotopic (exact) mass is 376 g/mol. The lowest BCUT2D eigenvalue weighted by molar-refractivity contribution is -0.132. The van der Waals surface area contributed by atoms with Crippen LogP contribution in [0.2, 0.25) is 0 Å². The van der Waals surface area contributed by atoms with Gasteiger partial charge >= 0.3 is 0 Å². The van der Waals surface area contributed by atoms with Crippen molar-refractivity contribution in [3.05, 3.63) is 64.4 Å². The van der Waals surface area contributed by atoms with Crippen molar-refractivity contribution in [1.29, 1.82) is 0 Å². The average Bonchev–Trinajstić information content (AvgIpc) is 3.05. The molecule has 1 aliphatic rings. The van der Waals surface area contributed by atoms with Gasteiger partial charge in [0, 0.05) is 6.42 Å². The van der Waals surface area contributed by atoms with E-state index in [4.69, 9.17) is 4.74 Å². The molecule has 3 rings (SSSR count). The number of carbonyl (C=O) groups is 1. The van der Waals surface area contributed by atoms with Gasteiger partial charge in [0.2, 0.25) is 0 Å². The standard InChI is InChI=1S/C17H14BrFN2O2/c18-14-10-13(19)6-7-16(14)23-11-17(22)21-9-8-15(20-21)12-4-2-1-3-5-12/h1-7,10H,8-9,11H2. The number of amides is 1. The Hall–Kier alpha value is -2.21. The second-order valence-corrected chi connectivity index (χ2v) is 5.90. The van der Waals surface area contributed by atoms with E-state index >= 15 is 0 Å². The first-order valence-electron chi connectivity index (χ1n) is 7.14. The fourth-order valence-corrected chi connectivity index (χ4v) is 2.74. The van der Waals surface area contributed by atoms with Crippen LogP contribution in [-0.2, 0) is 4.79 Å². The van der Waals surface area contributed by atoms with Crippen molar-refractivity contribution in [3.8, 4) is 5.75 Å². The fourth-order valence-electron chi connectivity index (χ4n) is 2.28. The van der Waals surface area contributed by atoms with E-state index in [0.29, 0.717) is 16.8 Å². The van der Waals surface area contributed by atoms with Crippen molar-refractivity contribution in [2.24, 2.45) is 5.10 Å².